The van der Waals surface area contributed by atoms with Gasteiger partial charge < -0.3 is 5.11 Å². The molecule has 1 N–H and O–H groups in total. The molecule has 82 valence electrons. The van der Waals surface area contributed by atoms with Crippen molar-refractivity contribution < 1.29 is 5.11 Å². The molecular formula is C12H13N3O. The summed E-state index contributed by atoms with van der Waals surface area (Å²) in [6.45, 7) is 3.59. The van der Waals surface area contributed by atoms with E-state index in [1.54, 1.807) is 30.6 Å². The van der Waals surface area contributed by atoms with Gasteiger partial charge in [-0.15, -0.1) is 16.8 Å². The number of phenolic OH excluding ortho intramolecular Hbond substituents is 1. The van der Waals surface area contributed by atoms with Crippen LogP contribution in [0.1, 0.15) is 5.56 Å². The highest BCUT2D eigenvalue weighted by atomic mass is 16.3. The molecule has 1 heterocycles. The maximum Gasteiger partial charge on any atom is 0.119 e. The first-order valence-corrected chi connectivity index (χ1v) is 4.80. The number of para-hydroxylation sites is 1. The van der Waals surface area contributed by atoms with Gasteiger partial charge in [0.2, 0.25) is 0 Å². The van der Waals surface area contributed by atoms with E-state index in [9.17, 15) is 5.11 Å². The van der Waals surface area contributed by atoms with Gasteiger partial charge in [0.05, 0.1) is 12.4 Å². The molecule has 0 saturated heterocycles. The Morgan fingerprint density at radius 1 is 1.12 bits per heavy atom. The molecule has 0 saturated carbocycles. The lowest BCUT2D eigenvalue weighted by molar-refractivity contribution is 0.470. The number of aromatic nitrogens is 3. The molecule has 0 bridgehead atoms. The SMILES string of the molecule is C=CCc1ccccc1O.c1cnnnc1. The summed E-state index contributed by atoms with van der Waals surface area (Å²) < 4.78 is 0. The number of phenols is 1. The molecule has 1 aromatic heterocycles. The highest BCUT2D eigenvalue weighted by molar-refractivity contribution is 5.32. The molecule has 4 nitrogen and oxygen atoms in total. The molecular weight excluding hydrogens is 202 g/mol. The van der Waals surface area contributed by atoms with Gasteiger partial charge in [-0.25, -0.2) is 0 Å². The fourth-order valence-electron chi connectivity index (χ4n) is 1.04. The maximum absolute atomic E-state index is 9.19. The molecule has 4 heteroatoms. The van der Waals surface area contributed by atoms with Crippen molar-refractivity contribution in [2.24, 2.45) is 0 Å². The highest BCUT2D eigenvalue weighted by Gasteiger charge is 1.93. The number of hydrogen-bond donors (Lipinski definition) is 1. The summed E-state index contributed by atoms with van der Waals surface area (Å²) in [6.07, 6.45) is 5.65. The Bertz CT molecular complexity index is 391. The maximum atomic E-state index is 9.19. The van der Waals surface area contributed by atoms with Crippen molar-refractivity contribution in [3.05, 3.63) is 60.9 Å². The van der Waals surface area contributed by atoms with Gasteiger partial charge in [-0.05, 0) is 29.3 Å². The zero-order chi connectivity index (χ0) is 11.6. The molecule has 16 heavy (non-hydrogen) atoms. The lowest BCUT2D eigenvalue weighted by Gasteiger charge is -1.97. The standard InChI is InChI=1S/C9H10O.C3H3N3/c1-2-5-8-6-3-4-7-9(8)10;1-2-4-6-5-3-1/h2-4,6-7,10H,1,5H2;1-3H. The van der Waals surface area contributed by atoms with Crippen LogP contribution in [-0.4, -0.2) is 20.5 Å². The average Bonchev–Trinajstić information content (AvgIpc) is 2.35. The molecule has 2 rings (SSSR count). The van der Waals surface area contributed by atoms with Crippen molar-refractivity contribution in [1.82, 2.24) is 15.4 Å². The fourth-order valence-corrected chi connectivity index (χ4v) is 1.04. The summed E-state index contributed by atoms with van der Waals surface area (Å²) in [7, 11) is 0. The van der Waals surface area contributed by atoms with Gasteiger partial charge in [-0.2, -0.15) is 0 Å². The molecule has 0 atom stereocenters. The molecule has 0 aliphatic rings. The summed E-state index contributed by atoms with van der Waals surface area (Å²) in [5.74, 6) is 0.349. The van der Waals surface area contributed by atoms with Crippen LogP contribution < -0.4 is 0 Å². The van der Waals surface area contributed by atoms with Crippen LogP contribution in [0.3, 0.4) is 0 Å². The summed E-state index contributed by atoms with van der Waals surface area (Å²) in [4.78, 5) is 0. The predicted molar refractivity (Wildman–Crippen MR) is 61.8 cm³/mol. The van der Waals surface area contributed by atoms with E-state index in [0.29, 0.717) is 5.75 Å². The van der Waals surface area contributed by atoms with Crippen molar-refractivity contribution in [3.8, 4) is 5.75 Å². The third-order valence-corrected chi connectivity index (χ3v) is 1.76. The van der Waals surface area contributed by atoms with Crippen molar-refractivity contribution in [1.29, 1.82) is 0 Å². The van der Waals surface area contributed by atoms with E-state index < -0.39 is 0 Å². The number of aromatic hydroxyl groups is 1. The second-order valence-electron chi connectivity index (χ2n) is 2.93. The Labute approximate surface area is 94.3 Å². The first-order valence-electron chi connectivity index (χ1n) is 4.80. The first-order chi connectivity index (χ1) is 7.84. The van der Waals surface area contributed by atoms with Gasteiger partial charge in [0.25, 0.3) is 0 Å². The van der Waals surface area contributed by atoms with Gasteiger partial charge >= 0.3 is 0 Å². The van der Waals surface area contributed by atoms with Gasteiger partial charge in [0.15, 0.2) is 0 Å². The van der Waals surface area contributed by atoms with Crippen molar-refractivity contribution in [3.63, 3.8) is 0 Å². The van der Waals surface area contributed by atoms with Gasteiger partial charge in [-0.3, -0.25) is 0 Å². The third-order valence-electron chi connectivity index (χ3n) is 1.76. The average molecular weight is 215 g/mol. The Kier molecular flexibility index (Phi) is 5.27. The monoisotopic (exact) mass is 215 g/mol. The van der Waals surface area contributed by atoms with Crippen LogP contribution in [-0.2, 0) is 6.42 Å². The molecule has 0 aliphatic heterocycles. The number of allylic oxidation sites excluding steroid dienone is 1. The number of hydrogen-bond acceptors (Lipinski definition) is 4. The number of rotatable bonds is 2. The topological polar surface area (TPSA) is 58.9 Å². The van der Waals surface area contributed by atoms with Crippen LogP contribution in [0.15, 0.2) is 55.4 Å². The first kappa shape index (κ1) is 11.8. The smallest absolute Gasteiger partial charge is 0.119 e. The lowest BCUT2D eigenvalue weighted by atomic mass is 10.1. The molecule has 0 aliphatic carbocycles. The quantitative estimate of drug-likeness (QED) is 0.778. The summed E-state index contributed by atoms with van der Waals surface area (Å²) in [5, 5.41) is 19.3. The molecule has 0 radical (unpaired) electrons. The zero-order valence-corrected chi connectivity index (χ0v) is 8.82. The second-order valence-corrected chi connectivity index (χ2v) is 2.93. The molecule has 1 aromatic carbocycles. The van der Waals surface area contributed by atoms with Crippen LogP contribution in [0, 0.1) is 0 Å². The summed E-state index contributed by atoms with van der Waals surface area (Å²) in [6, 6.07) is 8.99. The van der Waals surface area contributed by atoms with E-state index in [-0.39, 0.29) is 0 Å². The molecule has 0 fully saturated rings. The van der Waals surface area contributed by atoms with E-state index in [1.165, 1.54) is 0 Å². The Hall–Kier alpha value is -2.23. The van der Waals surface area contributed by atoms with Crippen LogP contribution in [0.5, 0.6) is 5.75 Å². The van der Waals surface area contributed by atoms with Gasteiger partial charge in [0, 0.05) is 0 Å². The fraction of sp³-hybridized carbons (Fsp3) is 0.0833. The van der Waals surface area contributed by atoms with Crippen LogP contribution in [0.2, 0.25) is 0 Å². The van der Waals surface area contributed by atoms with E-state index >= 15 is 0 Å². The van der Waals surface area contributed by atoms with E-state index in [4.69, 9.17) is 0 Å². The third kappa shape index (κ3) is 4.32. The van der Waals surface area contributed by atoms with E-state index in [1.807, 2.05) is 18.2 Å². The Morgan fingerprint density at radius 2 is 1.81 bits per heavy atom. The molecule has 2 aromatic rings. The van der Waals surface area contributed by atoms with Crippen molar-refractivity contribution in [2.45, 2.75) is 6.42 Å². The minimum absolute atomic E-state index is 0.349. The van der Waals surface area contributed by atoms with Gasteiger partial charge in [0.1, 0.15) is 5.75 Å². The van der Waals surface area contributed by atoms with Crippen molar-refractivity contribution >= 4 is 0 Å². The van der Waals surface area contributed by atoms with E-state index in [2.05, 4.69) is 22.0 Å². The van der Waals surface area contributed by atoms with Crippen LogP contribution in [0.4, 0.5) is 0 Å². The molecule has 0 spiro atoms. The van der Waals surface area contributed by atoms with Crippen molar-refractivity contribution in [2.75, 3.05) is 0 Å². The number of nitrogens with zero attached hydrogens (tertiary/aromatic N) is 3. The number of benzene rings is 1. The largest absolute Gasteiger partial charge is 0.508 e. The second kappa shape index (κ2) is 7.11. The van der Waals surface area contributed by atoms with E-state index in [0.717, 1.165) is 12.0 Å². The van der Waals surface area contributed by atoms with Gasteiger partial charge in [-0.1, -0.05) is 24.3 Å². The minimum atomic E-state index is 0.349. The highest BCUT2D eigenvalue weighted by Crippen LogP contribution is 2.15. The summed E-state index contributed by atoms with van der Waals surface area (Å²) >= 11 is 0. The Morgan fingerprint density at radius 3 is 2.25 bits per heavy atom. The minimum Gasteiger partial charge on any atom is -0.508 e. The van der Waals surface area contributed by atoms with Crippen LogP contribution in [0.25, 0.3) is 0 Å². The predicted octanol–water partition coefficient (Wildman–Crippen LogP) is 1.99. The molecule has 0 unspecified atom stereocenters. The normalized spacial score (nSPS) is 8.75. The summed E-state index contributed by atoms with van der Waals surface area (Å²) in [5.41, 5.74) is 0.928. The van der Waals surface area contributed by atoms with Crippen LogP contribution >= 0.6 is 0 Å². The molecule has 0 amide bonds. The Balaban J connectivity index is 0.000000181. The lowest BCUT2D eigenvalue weighted by Crippen LogP contribution is -1.79. The zero-order valence-electron chi connectivity index (χ0n) is 8.82.